The molecule has 8 heteroatoms. The van der Waals surface area contributed by atoms with Crippen molar-refractivity contribution < 1.29 is 22.7 Å². The lowest BCUT2D eigenvalue weighted by molar-refractivity contribution is -0.142. The standard InChI is InChI=1S/C12H18N2O5S/c15-12(16)10-3-1-7-14(9-10)20(17,18)13-6-5-11-4-2-8-19-11/h2,4,8,10,13H,1,3,5-7,9H2,(H,15,16). The van der Waals surface area contributed by atoms with Crippen molar-refractivity contribution in [1.29, 1.82) is 0 Å². The summed E-state index contributed by atoms with van der Waals surface area (Å²) < 4.78 is 32.9. The van der Waals surface area contributed by atoms with Gasteiger partial charge in [-0.25, -0.2) is 4.72 Å². The maximum Gasteiger partial charge on any atom is 0.307 e. The second-order valence-corrected chi connectivity index (χ2v) is 6.52. The van der Waals surface area contributed by atoms with Crippen LogP contribution in [-0.4, -0.2) is 43.4 Å². The molecular formula is C12H18N2O5S. The van der Waals surface area contributed by atoms with Crippen LogP contribution in [0.15, 0.2) is 22.8 Å². The lowest BCUT2D eigenvalue weighted by atomic mass is 10.0. The molecule has 0 amide bonds. The van der Waals surface area contributed by atoms with Crippen LogP contribution in [0.3, 0.4) is 0 Å². The molecule has 0 aromatic carbocycles. The predicted molar refractivity (Wildman–Crippen MR) is 71.3 cm³/mol. The Balaban J connectivity index is 1.87. The van der Waals surface area contributed by atoms with E-state index in [1.54, 1.807) is 12.1 Å². The van der Waals surface area contributed by atoms with Gasteiger partial charge in [0.15, 0.2) is 0 Å². The van der Waals surface area contributed by atoms with E-state index in [4.69, 9.17) is 9.52 Å². The van der Waals surface area contributed by atoms with Crippen molar-refractivity contribution in [2.45, 2.75) is 19.3 Å². The summed E-state index contributed by atoms with van der Waals surface area (Å²) in [5.41, 5.74) is 0. The number of aliphatic carboxylic acids is 1. The Morgan fingerprint density at radius 1 is 1.55 bits per heavy atom. The maximum atomic E-state index is 12.1. The van der Waals surface area contributed by atoms with Gasteiger partial charge in [-0.1, -0.05) is 0 Å². The number of carboxylic acids is 1. The quantitative estimate of drug-likeness (QED) is 0.795. The Kier molecular flexibility index (Phi) is 4.79. The molecule has 1 fully saturated rings. The molecule has 0 aliphatic carbocycles. The highest BCUT2D eigenvalue weighted by Gasteiger charge is 2.31. The number of nitrogens with zero attached hydrogens (tertiary/aromatic N) is 1. The Bertz CT molecular complexity index is 540. The van der Waals surface area contributed by atoms with Crippen molar-refractivity contribution >= 4 is 16.2 Å². The van der Waals surface area contributed by atoms with Crippen molar-refractivity contribution in [1.82, 2.24) is 9.03 Å². The van der Waals surface area contributed by atoms with Gasteiger partial charge in [-0.2, -0.15) is 12.7 Å². The molecular weight excluding hydrogens is 284 g/mol. The Labute approximate surface area is 117 Å². The fourth-order valence-electron chi connectivity index (χ4n) is 2.21. The molecule has 1 saturated heterocycles. The monoisotopic (exact) mass is 302 g/mol. The van der Waals surface area contributed by atoms with Crippen LogP contribution in [0.1, 0.15) is 18.6 Å². The van der Waals surface area contributed by atoms with Crippen LogP contribution in [0.4, 0.5) is 0 Å². The second-order valence-electron chi connectivity index (χ2n) is 4.76. The molecule has 1 aromatic heterocycles. The molecule has 0 bridgehead atoms. The third-order valence-corrected chi connectivity index (χ3v) is 4.89. The zero-order valence-electron chi connectivity index (χ0n) is 11.0. The molecule has 1 aliphatic rings. The third-order valence-electron chi connectivity index (χ3n) is 3.31. The number of rotatable bonds is 6. The van der Waals surface area contributed by atoms with Gasteiger partial charge in [-0.3, -0.25) is 4.79 Å². The molecule has 20 heavy (non-hydrogen) atoms. The summed E-state index contributed by atoms with van der Waals surface area (Å²) in [6, 6.07) is 3.52. The van der Waals surface area contributed by atoms with Gasteiger partial charge in [-0.15, -0.1) is 0 Å². The van der Waals surface area contributed by atoms with Crippen LogP contribution in [-0.2, 0) is 21.4 Å². The molecule has 1 aliphatic heterocycles. The molecule has 1 atom stereocenters. The molecule has 1 aromatic rings. The van der Waals surface area contributed by atoms with E-state index in [-0.39, 0.29) is 13.1 Å². The molecule has 1 unspecified atom stereocenters. The molecule has 2 heterocycles. The van der Waals surface area contributed by atoms with Crippen molar-refractivity contribution in [2.75, 3.05) is 19.6 Å². The normalized spacial score (nSPS) is 20.9. The number of piperidine rings is 1. The molecule has 2 N–H and O–H groups in total. The average molecular weight is 302 g/mol. The van der Waals surface area contributed by atoms with Gasteiger partial charge in [0, 0.05) is 26.1 Å². The minimum atomic E-state index is -3.62. The molecule has 0 saturated carbocycles. The molecule has 0 spiro atoms. The van der Waals surface area contributed by atoms with Gasteiger partial charge < -0.3 is 9.52 Å². The van der Waals surface area contributed by atoms with Gasteiger partial charge in [0.25, 0.3) is 10.2 Å². The highest BCUT2D eigenvalue weighted by Crippen LogP contribution is 2.18. The van der Waals surface area contributed by atoms with E-state index in [0.29, 0.717) is 31.6 Å². The number of nitrogens with one attached hydrogen (secondary N) is 1. The zero-order valence-corrected chi connectivity index (χ0v) is 11.8. The second kappa shape index (κ2) is 6.38. The number of carbonyl (C=O) groups is 1. The van der Waals surface area contributed by atoms with Crippen molar-refractivity contribution in [3.63, 3.8) is 0 Å². The van der Waals surface area contributed by atoms with Gasteiger partial charge in [0.1, 0.15) is 5.76 Å². The Morgan fingerprint density at radius 2 is 2.35 bits per heavy atom. The summed E-state index contributed by atoms with van der Waals surface area (Å²) in [6.45, 7) is 0.620. The first-order valence-electron chi connectivity index (χ1n) is 6.49. The highest BCUT2D eigenvalue weighted by atomic mass is 32.2. The van der Waals surface area contributed by atoms with Crippen molar-refractivity contribution in [2.24, 2.45) is 5.92 Å². The largest absolute Gasteiger partial charge is 0.481 e. The fraction of sp³-hybridized carbons (Fsp3) is 0.583. The summed E-state index contributed by atoms with van der Waals surface area (Å²) in [5.74, 6) is -0.861. The van der Waals surface area contributed by atoms with Crippen LogP contribution in [0.2, 0.25) is 0 Å². The van der Waals surface area contributed by atoms with E-state index in [9.17, 15) is 13.2 Å². The molecule has 0 radical (unpaired) electrons. The van der Waals surface area contributed by atoms with Gasteiger partial charge >= 0.3 is 5.97 Å². The smallest absolute Gasteiger partial charge is 0.307 e. The fourth-order valence-corrected chi connectivity index (χ4v) is 3.50. The first-order valence-corrected chi connectivity index (χ1v) is 7.93. The van der Waals surface area contributed by atoms with Crippen LogP contribution >= 0.6 is 0 Å². The molecule has 2 rings (SSSR count). The van der Waals surface area contributed by atoms with Crippen LogP contribution in [0.5, 0.6) is 0 Å². The van der Waals surface area contributed by atoms with Crippen molar-refractivity contribution in [3.8, 4) is 0 Å². The number of hydrogen-bond acceptors (Lipinski definition) is 4. The molecule has 7 nitrogen and oxygen atoms in total. The summed E-state index contributed by atoms with van der Waals surface area (Å²) in [6.07, 6.45) is 3.08. The third kappa shape index (κ3) is 3.81. The lowest BCUT2D eigenvalue weighted by Crippen LogP contribution is -2.47. The summed E-state index contributed by atoms with van der Waals surface area (Å²) in [7, 11) is -3.62. The lowest BCUT2D eigenvalue weighted by Gasteiger charge is -2.29. The van der Waals surface area contributed by atoms with E-state index in [2.05, 4.69) is 4.72 Å². The molecule has 112 valence electrons. The zero-order chi connectivity index (χ0) is 14.6. The number of furan rings is 1. The topological polar surface area (TPSA) is 99.9 Å². The van der Waals surface area contributed by atoms with E-state index >= 15 is 0 Å². The van der Waals surface area contributed by atoms with Gasteiger partial charge in [0.2, 0.25) is 0 Å². The maximum absolute atomic E-state index is 12.1. The number of carboxylic acid groups (broad SMARTS) is 1. The van der Waals surface area contributed by atoms with Gasteiger partial charge in [0.05, 0.1) is 12.2 Å². The summed E-state index contributed by atoms with van der Waals surface area (Å²) in [5, 5.41) is 8.97. The van der Waals surface area contributed by atoms with E-state index < -0.39 is 22.1 Å². The van der Waals surface area contributed by atoms with Crippen molar-refractivity contribution in [3.05, 3.63) is 24.2 Å². The predicted octanol–water partition coefficient (Wildman–Crippen LogP) is 0.453. The highest BCUT2D eigenvalue weighted by molar-refractivity contribution is 7.87. The average Bonchev–Trinajstić information content (AvgIpc) is 2.92. The minimum absolute atomic E-state index is 0.0332. The summed E-state index contributed by atoms with van der Waals surface area (Å²) >= 11 is 0. The number of hydrogen-bond donors (Lipinski definition) is 2. The van der Waals surface area contributed by atoms with E-state index in [1.165, 1.54) is 10.6 Å². The van der Waals surface area contributed by atoms with Crippen LogP contribution in [0.25, 0.3) is 0 Å². The SMILES string of the molecule is O=C(O)C1CCCN(S(=O)(=O)NCCc2ccco2)C1. The van der Waals surface area contributed by atoms with E-state index in [1.807, 2.05) is 0 Å². The van der Waals surface area contributed by atoms with Crippen LogP contribution in [0, 0.1) is 5.92 Å². The van der Waals surface area contributed by atoms with Crippen LogP contribution < -0.4 is 4.72 Å². The Morgan fingerprint density at radius 3 is 3.00 bits per heavy atom. The minimum Gasteiger partial charge on any atom is -0.481 e. The Hall–Kier alpha value is -1.38. The summed E-state index contributed by atoms with van der Waals surface area (Å²) in [4.78, 5) is 10.9. The van der Waals surface area contributed by atoms with E-state index in [0.717, 1.165) is 0 Å². The first kappa shape index (κ1) is 15.0. The van der Waals surface area contributed by atoms with Gasteiger partial charge in [-0.05, 0) is 25.0 Å². The first-order chi connectivity index (χ1) is 9.49.